The molecule has 0 heterocycles. The molecule has 0 radical (unpaired) electrons. The smallest absolute Gasteiger partial charge is 0.306 e. The number of likely N-dealkylation sites (N-methyl/N-ethyl adjacent to an activating group) is 1. The zero-order chi connectivity index (χ0) is 42.8. The molecule has 2 atom stereocenters. The summed E-state index contributed by atoms with van der Waals surface area (Å²) in [4.78, 5) is 37.6. The van der Waals surface area contributed by atoms with Crippen molar-refractivity contribution in [1.82, 2.24) is 0 Å². The minimum absolute atomic E-state index is 0.0348. The molecular formula is C48H88NO8P. The molecule has 0 amide bonds. The molecule has 338 valence electrons. The highest BCUT2D eigenvalue weighted by Crippen LogP contribution is 2.38. The van der Waals surface area contributed by atoms with Crippen molar-refractivity contribution in [2.45, 2.75) is 200 Å². The van der Waals surface area contributed by atoms with E-state index in [0.29, 0.717) is 17.4 Å². The normalized spacial score (nSPS) is 14.0. The first-order valence-corrected chi connectivity index (χ1v) is 24.8. The summed E-state index contributed by atoms with van der Waals surface area (Å²) in [5.74, 6) is -0.850. The Kier molecular flexibility index (Phi) is 39.0. The molecule has 0 fully saturated rings. The van der Waals surface area contributed by atoms with Crippen LogP contribution in [-0.4, -0.2) is 70.0 Å². The van der Waals surface area contributed by atoms with E-state index in [-0.39, 0.29) is 26.1 Å². The fourth-order valence-electron chi connectivity index (χ4n) is 6.19. The molecule has 0 aromatic carbocycles. The molecule has 0 aliphatic rings. The summed E-state index contributed by atoms with van der Waals surface area (Å²) in [6.45, 7) is 4.10. The minimum Gasteiger partial charge on any atom is -0.756 e. The highest BCUT2D eigenvalue weighted by molar-refractivity contribution is 7.45. The Morgan fingerprint density at radius 2 is 0.983 bits per heavy atom. The number of rotatable bonds is 42. The van der Waals surface area contributed by atoms with E-state index in [4.69, 9.17) is 18.5 Å². The average molecular weight is 838 g/mol. The molecule has 0 bridgehead atoms. The number of hydrogen-bond donors (Lipinski definition) is 0. The first-order chi connectivity index (χ1) is 28.0. The summed E-state index contributed by atoms with van der Waals surface area (Å²) >= 11 is 0. The van der Waals surface area contributed by atoms with E-state index in [1.807, 2.05) is 21.1 Å². The number of nitrogens with zero attached hydrogens (tertiary/aromatic N) is 1. The van der Waals surface area contributed by atoms with Gasteiger partial charge in [-0.05, 0) is 70.6 Å². The quantitative estimate of drug-likeness (QED) is 0.0196. The largest absolute Gasteiger partial charge is 0.756 e. The van der Waals surface area contributed by atoms with Crippen LogP contribution in [0.3, 0.4) is 0 Å². The van der Waals surface area contributed by atoms with Gasteiger partial charge in [-0.3, -0.25) is 14.2 Å². The molecule has 2 unspecified atom stereocenters. The third-order valence-corrected chi connectivity index (χ3v) is 10.8. The third-order valence-electron chi connectivity index (χ3n) is 9.83. The lowest BCUT2D eigenvalue weighted by atomic mass is 10.1. The standard InChI is InChI=1S/C48H88NO8P/c1-6-8-10-12-14-16-18-20-22-24-26-28-30-32-34-36-38-40-47(50)54-44-46(45-56-58(52,53)55-43-42-49(3,4)5)57-48(51)41-39-37-35-33-31-29-27-25-23-21-19-17-15-13-11-9-7-2/h9,11,15,17,20-23,46H,6-8,10,12-14,16,18-19,24-45H2,1-5H3/b11-9-,17-15-,22-20-,23-21-. The van der Waals surface area contributed by atoms with Crippen LogP contribution in [0.25, 0.3) is 0 Å². The fourth-order valence-corrected chi connectivity index (χ4v) is 6.92. The van der Waals surface area contributed by atoms with Crippen molar-refractivity contribution in [3.05, 3.63) is 48.6 Å². The van der Waals surface area contributed by atoms with E-state index in [1.165, 1.54) is 83.5 Å². The van der Waals surface area contributed by atoms with Crippen molar-refractivity contribution in [2.24, 2.45) is 0 Å². The van der Waals surface area contributed by atoms with E-state index in [2.05, 4.69) is 62.5 Å². The van der Waals surface area contributed by atoms with Crippen molar-refractivity contribution < 1.29 is 42.1 Å². The number of esters is 2. The lowest BCUT2D eigenvalue weighted by molar-refractivity contribution is -0.870. The SMILES string of the molecule is CC/C=C\C/C=C\C/C=C\CCCCCCCCCC(=O)OC(COC(=O)CCCCCCCCC/C=C\CCCCCCCC)COP(=O)([O-])OCC[N+](C)(C)C. The lowest BCUT2D eigenvalue weighted by Gasteiger charge is -2.28. The van der Waals surface area contributed by atoms with E-state index >= 15 is 0 Å². The summed E-state index contributed by atoms with van der Waals surface area (Å²) in [6, 6.07) is 0. The second-order valence-corrected chi connectivity index (χ2v) is 18.1. The van der Waals surface area contributed by atoms with Crippen LogP contribution in [0.1, 0.15) is 194 Å². The number of ether oxygens (including phenoxy) is 2. The molecule has 0 spiro atoms. The number of phosphoric ester groups is 1. The van der Waals surface area contributed by atoms with Crippen LogP contribution in [0.4, 0.5) is 0 Å². The third kappa shape index (κ3) is 43.5. The first kappa shape index (κ1) is 56.0. The molecule has 0 N–H and O–H groups in total. The average Bonchev–Trinajstić information content (AvgIpc) is 3.17. The van der Waals surface area contributed by atoms with Crippen molar-refractivity contribution in [3.63, 3.8) is 0 Å². The molecule has 0 aromatic rings. The van der Waals surface area contributed by atoms with Gasteiger partial charge < -0.3 is 27.9 Å². The summed E-state index contributed by atoms with van der Waals surface area (Å²) in [7, 11) is 1.15. The van der Waals surface area contributed by atoms with Crippen LogP contribution in [0.15, 0.2) is 48.6 Å². The van der Waals surface area contributed by atoms with Gasteiger partial charge in [0.05, 0.1) is 27.7 Å². The summed E-state index contributed by atoms with van der Waals surface area (Å²) in [5, 5.41) is 0. The van der Waals surface area contributed by atoms with Crippen LogP contribution in [0.2, 0.25) is 0 Å². The molecule has 0 saturated carbocycles. The Morgan fingerprint density at radius 1 is 0.552 bits per heavy atom. The maximum atomic E-state index is 12.7. The van der Waals surface area contributed by atoms with Gasteiger partial charge in [-0.15, -0.1) is 0 Å². The number of quaternary nitrogens is 1. The van der Waals surface area contributed by atoms with Gasteiger partial charge in [0, 0.05) is 12.8 Å². The van der Waals surface area contributed by atoms with Gasteiger partial charge in [0.1, 0.15) is 19.8 Å². The molecule has 0 saturated heterocycles. The maximum absolute atomic E-state index is 12.7. The predicted molar refractivity (Wildman–Crippen MR) is 240 cm³/mol. The summed E-state index contributed by atoms with van der Waals surface area (Å²) in [5.41, 5.74) is 0. The summed E-state index contributed by atoms with van der Waals surface area (Å²) < 4.78 is 33.9. The Labute approximate surface area is 356 Å². The monoisotopic (exact) mass is 838 g/mol. The second-order valence-electron chi connectivity index (χ2n) is 16.7. The summed E-state index contributed by atoms with van der Waals surface area (Å²) in [6.07, 6.45) is 47.0. The zero-order valence-electron chi connectivity index (χ0n) is 38.0. The number of hydrogen-bond acceptors (Lipinski definition) is 8. The van der Waals surface area contributed by atoms with Crippen molar-refractivity contribution in [3.8, 4) is 0 Å². The molecule has 0 aromatic heterocycles. The van der Waals surface area contributed by atoms with Gasteiger partial charge in [0.25, 0.3) is 7.82 Å². The van der Waals surface area contributed by atoms with Crippen LogP contribution >= 0.6 is 7.82 Å². The number of unbranched alkanes of at least 4 members (excludes halogenated alkanes) is 20. The maximum Gasteiger partial charge on any atom is 0.306 e. The van der Waals surface area contributed by atoms with E-state index in [1.54, 1.807) is 0 Å². The molecule has 9 nitrogen and oxygen atoms in total. The second kappa shape index (κ2) is 40.4. The highest BCUT2D eigenvalue weighted by atomic mass is 31.2. The zero-order valence-corrected chi connectivity index (χ0v) is 38.9. The fraction of sp³-hybridized carbons (Fsp3) is 0.792. The lowest BCUT2D eigenvalue weighted by Crippen LogP contribution is -2.37. The van der Waals surface area contributed by atoms with Crippen LogP contribution < -0.4 is 4.89 Å². The Bertz CT molecular complexity index is 1130. The van der Waals surface area contributed by atoms with E-state index in [0.717, 1.165) is 77.0 Å². The highest BCUT2D eigenvalue weighted by Gasteiger charge is 2.21. The topological polar surface area (TPSA) is 111 Å². The van der Waals surface area contributed by atoms with Crippen molar-refractivity contribution >= 4 is 19.8 Å². The minimum atomic E-state index is -4.63. The van der Waals surface area contributed by atoms with Gasteiger partial charge in [0.15, 0.2) is 6.10 Å². The van der Waals surface area contributed by atoms with Gasteiger partial charge in [-0.25, -0.2) is 0 Å². The van der Waals surface area contributed by atoms with Crippen LogP contribution in [0.5, 0.6) is 0 Å². The number of carbonyl (C=O) groups is 2. The van der Waals surface area contributed by atoms with Gasteiger partial charge >= 0.3 is 11.9 Å². The van der Waals surface area contributed by atoms with E-state index < -0.39 is 32.5 Å². The van der Waals surface area contributed by atoms with Crippen LogP contribution in [0, 0.1) is 0 Å². The van der Waals surface area contributed by atoms with Crippen LogP contribution in [-0.2, 0) is 32.7 Å². The molecule has 10 heteroatoms. The molecule has 0 rings (SSSR count). The van der Waals surface area contributed by atoms with E-state index in [9.17, 15) is 19.0 Å². The molecular weight excluding hydrogens is 750 g/mol. The molecule has 58 heavy (non-hydrogen) atoms. The van der Waals surface area contributed by atoms with Crippen molar-refractivity contribution in [1.29, 1.82) is 0 Å². The first-order valence-electron chi connectivity index (χ1n) is 23.3. The molecule has 0 aliphatic carbocycles. The van der Waals surface area contributed by atoms with Gasteiger partial charge in [-0.1, -0.05) is 159 Å². The van der Waals surface area contributed by atoms with Crippen molar-refractivity contribution in [2.75, 3.05) is 47.5 Å². The van der Waals surface area contributed by atoms with Gasteiger partial charge in [-0.2, -0.15) is 0 Å². The van der Waals surface area contributed by atoms with Gasteiger partial charge in [0.2, 0.25) is 0 Å². The molecule has 0 aliphatic heterocycles. The number of allylic oxidation sites excluding steroid dienone is 8. The predicted octanol–water partition coefficient (Wildman–Crippen LogP) is 12.8. The number of phosphoric acid groups is 1. The Morgan fingerprint density at radius 3 is 1.48 bits per heavy atom. The number of carbonyl (C=O) groups excluding carboxylic acids is 2. The Hall–Kier alpha value is -2.03. The Balaban J connectivity index is 4.34.